The predicted molar refractivity (Wildman–Crippen MR) is 64.3 cm³/mol. The molecule has 0 amide bonds. The first kappa shape index (κ1) is 12.1. The molecule has 0 heterocycles. The average molecular weight is 207 g/mol. The van der Waals surface area contributed by atoms with Gasteiger partial charge in [-0.15, -0.1) is 0 Å². The van der Waals surface area contributed by atoms with Gasteiger partial charge in [-0.05, 0) is 45.4 Å². The number of hydrogen-bond donors (Lipinski definition) is 1. The van der Waals surface area contributed by atoms with Gasteiger partial charge >= 0.3 is 0 Å². The molecule has 0 radical (unpaired) electrons. The number of methoxy groups -OCH3 is 1. The Morgan fingerprint density at radius 2 is 1.93 bits per heavy atom. The molecular weight excluding hydrogens is 186 g/mol. The Balaban J connectivity index is 2.77. The maximum atomic E-state index is 5.21. The Morgan fingerprint density at radius 3 is 2.47 bits per heavy atom. The smallest absolute Gasteiger partial charge is 0.119 e. The van der Waals surface area contributed by atoms with Crippen LogP contribution in [0, 0.1) is 0 Å². The second-order valence-electron chi connectivity index (χ2n) is 4.89. The molecule has 2 heteroatoms. The minimum atomic E-state index is 0.127. The van der Waals surface area contributed by atoms with Crippen LogP contribution in [0.2, 0.25) is 0 Å². The highest BCUT2D eigenvalue weighted by atomic mass is 16.5. The monoisotopic (exact) mass is 207 g/mol. The highest BCUT2D eigenvalue weighted by molar-refractivity contribution is 5.30. The van der Waals surface area contributed by atoms with Crippen molar-refractivity contribution in [3.8, 4) is 5.75 Å². The van der Waals surface area contributed by atoms with E-state index in [9.17, 15) is 0 Å². The Hall–Kier alpha value is -1.02. The summed E-state index contributed by atoms with van der Waals surface area (Å²) < 4.78 is 5.21. The molecule has 1 N–H and O–H groups in total. The van der Waals surface area contributed by atoms with Gasteiger partial charge in [0.05, 0.1) is 7.11 Å². The van der Waals surface area contributed by atoms with Crippen LogP contribution >= 0.6 is 0 Å². The van der Waals surface area contributed by atoms with E-state index in [4.69, 9.17) is 4.74 Å². The minimum absolute atomic E-state index is 0.127. The van der Waals surface area contributed by atoms with Crippen molar-refractivity contribution in [3.05, 3.63) is 29.8 Å². The fraction of sp³-hybridized carbons (Fsp3) is 0.538. The van der Waals surface area contributed by atoms with Gasteiger partial charge in [-0.1, -0.05) is 12.1 Å². The summed E-state index contributed by atoms with van der Waals surface area (Å²) in [5.74, 6) is 0.912. The SMILES string of the molecule is COc1cccc([C@H](C)NC(C)(C)C)c1. The molecule has 0 aliphatic heterocycles. The van der Waals surface area contributed by atoms with E-state index in [-0.39, 0.29) is 5.54 Å². The van der Waals surface area contributed by atoms with E-state index in [0.29, 0.717) is 6.04 Å². The van der Waals surface area contributed by atoms with Gasteiger partial charge in [0.2, 0.25) is 0 Å². The molecule has 0 aliphatic carbocycles. The highest BCUT2D eigenvalue weighted by Gasteiger charge is 2.14. The molecular formula is C13H21NO. The van der Waals surface area contributed by atoms with E-state index in [1.54, 1.807) is 7.11 Å². The fourth-order valence-corrected chi connectivity index (χ4v) is 1.64. The van der Waals surface area contributed by atoms with Crippen LogP contribution < -0.4 is 10.1 Å². The van der Waals surface area contributed by atoms with Crippen LogP contribution in [0.4, 0.5) is 0 Å². The van der Waals surface area contributed by atoms with Crippen LogP contribution in [0.1, 0.15) is 39.3 Å². The first-order valence-corrected chi connectivity index (χ1v) is 5.34. The number of ether oxygens (including phenoxy) is 1. The third-order valence-corrected chi connectivity index (χ3v) is 2.24. The molecule has 15 heavy (non-hydrogen) atoms. The van der Waals surface area contributed by atoms with Gasteiger partial charge in [-0.2, -0.15) is 0 Å². The van der Waals surface area contributed by atoms with Crippen molar-refractivity contribution in [2.45, 2.75) is 39.3 Å². The summed E-state index contributed by atoms with van der Waals surface area (Å²) in [4.78, 5) is 0. The lowest BCUT2D eigenvalue weighted by Crippen LogP contribution is -2.37. The van der Waals surface area contributed by atoms with Crippen LogP contribution in [-0.4, -0.2) is 12.6 Å². The standard InChI is InChI=1S/C13H21NO/c1-10(14-13(2,3)4)11-7-6-8-12(9-11)15-5/h6-10,14H,1-5H3/t10-/m0/s1. The van der Waals surface area contributed by atoms with Gasteiger partial charge in [0.25, 0.3) is 0 Å². The zero-order valence-electron chi connectivity index (χ0n) is 10.3. The number of benzene rings is 1. The molecule has 0 aliphatic rings. The predicted octanol–water partition coefficient (Wildman–Crippen LogP) is 3.14. The first-order valence-electron chi connectivity index (χ1n) is 5.34. The lowest BCUT2D eigenvalue weighted by molar-refractivity contribution is 0.375. The fourth-order valence-electron chi connectivity index (χ4n) is 1.64. The van der Waals surface area contributed by atoms with Gasteiger partial charge in [0, 0.05) is 11.6 Å². The second kappa shape index (κ2) is 4.67. The first-order chi connectivity index (χ1) is 6.92. The molecule has 1 rings (SSSR count). The quantitative estimate of drug-likeness (QED) is 0.822. The molecule has 0 aromatic heterocycles. The maximum absolute atomic E-state index is 5.21. The van der Waals surface area contributed by atoms with Crippen LogP contribution in [0.15, 0.2) is 24.3 Å². The lowest BCUT2D eigenvalue weighted by atomic mass is 10.0. The zero-order chi connectivity index (χ0) is 11.5. The number of hydrogen-bond acceptors (Lipinski definition) is 2. The summed E-state index contributed by atoms with van der Waals surface area (Å²) in [6.45, 7) is 8.68. The van der Waals surface area contributed by atoms with Gasteiger partial charge < -0.3 is 10.1 Å². The molecule has 1 aromatic rings. The van der Waals surface area contributed by atoms with Crippen molar-refractivity contribution in [2.75, 3.05) is 7.11 Å². The average Bonchev–Trinajstić information content (AvgIpc) is 2.15. The molecule has 1 aromatic carbocycles. The number of nitrogens with one attached hydrogen (secondary N) is 1. The zero-order valence-corrected chi connectivity index (χ0v) is 10.3. The second-order valence-corrected chi connectivity index (χ2v) is 4.89. The van der Waals surface area contributed by atoms with Gasteiger partial charge in [0.15, 0.2) is 0 Å². The molecule has 0 spiro atoms. The van der Waals surface area contributed by atoms with E-state index in [1.165, 1.54) is 5.56 Å². The number of rotatable bonds is 3. The Bertz CT molecular complexity index is 315. The van der Waals surface area contributed by atoms with E-state index >= 15 is 0 Å². The molecule has 0 saturated heterocycles. The van der Waals surface area contributed by atoms with E-state index in [2.05, 4.69) is 45.1 Å². The summed E-state index contributed by atoms with van der Waals surface area (Å²) in [6, 6.07) is 8.51. The van der Waals surface area contributed by atoms with Crippen LogP contribution in [0.5, 0.6) is 5.75 Å². The van der Waals surface area contributed by atoms with E-state index in [0.717, 1.165) is 5.75 Å². The van der Waals surface area contributed by atoms with Crippen molar-refractivity contribution >= 4 is 0 Å². The topological polar surface area (TPSA) is 21.3 Å². The van der Waals surface area contributed by atoms with Crippen LogP contribution in [0.3, 0.4) is 0 Å². The van der Waals surface area contributed by atoms with Crippen molar-refractivity contribution < 1.29 is 4.74 Å². The summed E-state index contributed by atoms with van der Waals surface area (Å²) in [5, 5.41) is 3.53. The van der Waals surface area contributed by atoms with Gasteiger partial charge in [-0.25, -0.2) is 0 Å². The molecule has 0 saturated carbocycles. The third kappa shape index (κ3) is 3.92. The van der Waals surface area contributed by atoms with Gasteiger partial charge in [-0.3, -0.25) is 0 Å². The normalized spacial score (nSPS) is 13.7. The molecule has 84 valence electrons. The maximum Gasteiger partial charge on any atom is 0.119 e. The molecule has 0 bridgehead atoms. The molecule has 2 nitrogen and oxygen atoms in total. The van der Waals surface area contributed by atoms with E-state index < -0.39 is 0 Å². The van der Waals surface area contributed by atoms with Crippen molar-refractivity contribution in [3.63, 3.8) is 0 Å². The Labute approximate surface area is 92.6 Å². The summed E-state index contributed by atoms with van der Waals surface area (Å²) in [5.41, 5.74) is 1.38. The summed E-state index contributed by atoms with van der Waals surface area (Å²) >= 11 is 0. The Morgan fingerprint density at radius 1 is 1.27 bits per heavy atom. The van der Waals surface area contributed by atoms with Crippen LogP contribution in [0.25, 0.3) is 0 Å². The Kier molecular flexibility index (Phi) is 3.75. The molecule has 1 atom stereocenters. The van der Waals surface area contributed by atoms with Crippen LogP contribution in [-0.2, 0) is 0 Å². The van der Waals surface area contributed by atoms with Crippen molar-refractivity contribution in [2.24, 2.45) is 0 Å². The largest absolute Gasteiger partial charge is 0.497 e. The van der Waals surface area contributed by atoms with E-state index in [1.807, 2.05) is 12.1 Å². The van der Waals surface area contributed by atoms with Crippen molar-refractivity contribution in [1.29, 1.82) is 0 Å². The molecule has 0 unspecified atom stereocenters. The minimum Gasteiger partial charge on any atom is -0.497 e. The third-order valence-electron chi connectivity index (χ3n) is 2.24. The highest BCUT2D eigenvalue weighted by Crippen LogP contribution is 2.20. The van der Waals surface area contributed by atoms with Gasteiger partial charge in [0.1, 0.15) is 5.75 Å². The molecule has 0 fully saturated rings. The summed E-state index contributed by atoms with van der Waals surface area (Å²) in [7, 11) is 1.70. The lowest BCUT2D eigenvalue weighted by Gasteiger charge is -2.26. The van der Waals surface area contributed by atoms with Crippen molar-refractivity contribution in [1.82, 2.24) is 5.32 Å². The summed E-state index contributed by atoms with van der Waals surface area (Å²) in [6.07, 6.45) is 0.